The molecule has 0 saturated heterocycles. The van der Waals surface area contributed by atoms with Crippen LogP contribution in [0.3, 0.4) is 0 Å². The summed E-state index contributed by atoms with van der Waals surface area (Å²) in [6, 6.07) is 6.67. The van der Waals surface area contributed by atoms with Crippen molar-refractivity contribution >= 4 is 39.2 Å². The Labute approximate surface area is 129 Å². The van der Waals surface area contributed by atoms with E-state index in [0.717, 1.165) is 5.39 Å². The number of aryl methyl sites for hydroxylation is 1. The van der Waals surface area contributed by atoms with Crippen LogP contribution in [0.5, 0.6) is 5.75 Å². The zero-order chi connectivity index (χ0) is 15.7. The quantitative estimate of drug-likeness (QED) is 0.722. The van der Waals surface area contributed by atoms with Crippen LogP contribution in [-0.2, 0) is 0 Å². The summed E-state index contributed by atoms with van der Waals surface area (Å²) in [4.78, 5) is 15.4. The van der Waals surface area contributed by atoms with Gasteiger partial charge in [-0.1, -0.05) is 0 Å². The fourth-order valence-electron chi connectivity index (χ4n) is 1.95. The van der Waals surface area contributed by atoms with Crippen molar-refractivity contribution in [3.8, 4) is 5.75 Å². The van der Waals surface area contributed by atoms with Crippen molar-refractivity contribution in [2.75, 3.05) is 0 Å². The van der Waals surface area contributed by atoms with E-state index in [1.54, 1.807) is 25.3 Å². The summed E-state index contributed by atoms with van der Waals surface area (Å²) >= 11 is 1.19. The van der Waals surface area contributed by atoms with Gasteiger partial charge in [0, 0.05) is 6.20 Å². The molecule has 0 bridgehead atoms. The summed E-state index contributed by atoms with van der Waals surface area (Å²) in [7, 11) is 0. The largest absolute Gasteiger partial charge is 0.507 e. The number of fused-ring (bicyclic) bond motifs is 1. The van der Waals surface area contributed by atoms with Crippen molar-refractivity contribution < 1.29 is 9.90 Å². The van der Waals surface area contributed by atoms with Crippen LogP contribution < -0.4 is 5.73 Å². The number of benzene rings is 1. The molecule has 3 N–H and O–H groups in total. The van der Waals surface area contributed by atoms with E-state index in [1.165, 1.54) is 17.6 Å². The number of primary amides is 1. The van der Waals surface area contributed by atoms with Crippen LogP contribution in [0.15, 0.2) is 40.7 Å². The highest BCUT2D eigenvalue weighted by Crippen LogP contribution is 2.32. The molecule has 1 aromatic carbocycles. The Hall–Kier alpha value is -2.87. The molecule has 0 unspecified atom stereocenters. The number of hydrogen-bond acceptors (Lipinski definition) is 7. The summed E-state index contributed by atoms with van der Waals surface area (Å²) in [5, 5.41) is 19.5. The molecule has 8 heteroatoms. The third-order valence-electron chi connectivity index (χ3n) is 3.04. The summed E-state index contributed by atoms with van der Waals surface area (Å²) < 4.78 is 4.17. The summed E-state index contributed by atoms with van der Waals surface area (Å²) in [5.74, 6) is -0.857. The third kappa shape index (κ3) is 2.51. The maximum absolute atomic E-state index is 11.3. The van der Waals surface area contributed by atoms with Crippen LogP contribution in [0, 0.1) is 6.92 Å². The second kappa shape index (κ2) is 5.49. The second-order valence-corrected chi connectivity index (χ2v) is 5.34. The zero-order valence-electron chi connectivity index (χ0n) is 11.5. The summed E-state index contributed by atoms with van der Waals surface area (Å²) in [6.07, 6.45) is 1.66. The average Bonchev–Trinajstić information content (AvgIpc) is 2.91. The second-order valence-electron chi connectivity index (χ2n) is 4.59. The Balaban J connectivity index is 2.01. The first kappa shape index (κ1) is 14.1. The Kier molecular flexibility index (Phi) is 3.51. The predicted molar refractivity (Wildman–Crippen MR) is 83.0 cm³/mol. The van der Waals surface area contributed by atoms with Gasteiger partial charge in [0.25, 0.3) is 5.91 Å². The van der Waals surface area contributed by atoms with Gasteiger partial charge < -0.3 is 10.8 Å². The summed E-state index contributed by atoms with van der Waals surface area (Å²) in [6.45, 7) is 1.66. The lowest BCUT2D eigenvalue weighted by Gasteiger charge is -2.04. The van der Waals surface area contributed by atoms with Gasteiger partial charge in [-0.05, 0) is 48.3 Å². The molecule has 22 heavy (non-hydrogen) atoms. The lowest BCUT2D eigenvalue weighted by molar-refractivity contribution is 0.0997. The fraction of sp³-hybridized carbons (Fsp3) is 0.0714. The molecular formula is C14H11N5O2S. The van der Waals surface area contributed by atoms with Gasteiger partial charge in [-0.15, -0.1) is 10.2 Å². The van der Waals surface area contributed by atoms with Gasteiger partial charge in [0.2, 0.25) is 0 Å². The number of carbonyl (C=O) groups excluding carboxylic acids is 1. The van der Waals surface area contributed by atoms with Crippen molar-refractivity contribution in [1.29, 1.82) is 0 Å². The number of carbonyl (C=O) groups is 1. The van der Waals surface area contributed by atoms with E-state index < -0.39 is 5.91 Å². The van der Waals surface area contributed by atoms with E-state index in [-0.39, 0.29) is 11.3 Å². The topological polar surface area (TPSA) is 114 Å². The number of pyridine rings is 1. The lowest BCUT2D eigenvalue weighted by atomic mass is 10.1. The van der Waals surface area contributed by atoms with Crippen LogP contribution in [0.2, 0.25) is 0 Å². The SMILES string of the molecule is Cc1cc(N=Nc2snc3ncccc23)cc(C(N)=O)c1O. The third-order valence-corrected chi connectivity index (χ3v) is 3.78. The molecule has 0 fully saturated rings. The van der Waals surface area contributed by atoms with Gasteiger partial charge in [-0.25, -0.2) is 4.98 Å². The van der Waals surface area contributed by atoms with E-state index in [9.17, 15) is 9.90 Å². The summed E-state index contributed by atoms with van der Waals surface area (Å²) in [5.41, 5.74) is 6.79. The number of aromatic nitrogens is 2. The minimum absolute atomic E-state index is 0.0183. The van der Waals surface area contributed by atoms with E-state index >= 15 is 0 Å². The number of phenols is 1. The molecule has 0 saturated carbocycles. The van der Waals surface area contributed by atoms with Crippen LogP contribution in [-0.4, -0.2) is 20.4 Å². The molecule has 2 aromatic heterocycles. The number of nitrogens with zero attached hydrogens (tertiary/aromatic N) is 4. The van der Waals surface area contributed by atoms with Crippen LogP contribution in [0.25, 0.3) is 11.0 Å². The normalized spacial score (nSPS) is 11.3. The van der Waals surface area contributed by atoms with Gasteiger partial charge >= 0.3 is 0 Å². The first-order chi connectivity index (χ1) is 10.6. The van der Waals surface area contributed by atoms with Crippen LogP contribution >= 0.6 is 11.5 Å². The minimum atomic E-state index is -0.718. The fourth-order valence-corrected chi connectivity index (χ4v) is 2.61. The first-order valence-electron chi connectivity index (χ1n) is 6.32. The Bertz CT molecular complexity index is 903. The molecule has 110 valence electrons. The number of aromatic hydroxyl groups is 1. The Morgan fingerprint density at radius 3 is 2.95 bits per heavy atom. The average molecular weight is 313 g/mol. The minimum Gasteiger partial charge on any atom is -0.507 e. The number of azo groups is 1. The van der Waals surface area contributed by atoms with E-state index in [4.69, 9.17) is 5.73 Å². The number of nitrogens with two attached hydrogens (primary N) is 1. The monoisotopic (exact) mass is 313 g/mol. The number of hydrogen-bond donors (Lipinski definition) is 2. The van der Waals surface area contributed by atoms with Crippen molar-refractivity contribution in [3.05, 3.63) is 41.6 Å². The molecule has 1 amide bonds. The highest BCUT2D eigenvalue weighted by atomic mass is 32.1. The lowest BCUT2D eigenvalue weighted by Crippen LogP contribution is -2.11. The standard InChI is InChI=1S/C14H11N5O2S/c1-7-5-8(6-10(11(7)20)12(15)21)17-18-14-9-3-2-4-16-13(9)19-22-14/h2-6,20H,1H3,(H2,15,21). The molecule has 0 radical (unpaired) electrons. The highest BCUT2D eigenvalue weighted by Gasteiger charge is 2.12. The van der Waals surface area contributed by atoms with Gasteiger partial charge in [0.15, 0.2) is 10.6 Å². The Morgan fingerprint density at radius 1 is 1.36 bits per heavy atom. The molecule has 3 aromatic rings. The molecule has 7 nitrogen and oxygen atoms in total. The van der Waals surface area contributed by atoms with Crippen LogP contribution in [0.1, 0.15) is 15.9 Å². The first-order valence-corrected chi connectivity index (χ1v) is 7.09. The van der Waals surface area contributed by atoms with Gasteiger partial charge in [-0.3, -0.25) is 4.79 Å². The smallest absolute Gasteiger partial charge is 0.252 e. The van der Waals surface area contributed by atoms with Crippen LogP contribution in [0.4, 0.5) is 10.7 Å². The molecule has 0 atom stereocenters. The molecule has 0 aliphatic rings. The van der Waals surface area contributed by atoms with Gasteiger partial charge in [0.1, 0.15) is 5.75 Å². The van der Waals surface area contributed by atoms with E-state index in [1.807, 2.05) is 6.07 Å². The van der Waals surface area contributed by atoms with Gasteiger partial charge in [0.05, 0.1) is 16.6 Å². The van der Waals surface area contributed by atoms with Gasteiger partial charge in [-0.2, -0.15) is 4.37 Å². The van der Waals surface area contributed by atoms with Crippen molar-refractivity contribution in [2.24, 2.45) is 16.0 Å². The molecule has 3 rings (SSSR count). The molecule has 2 heterocycles. The van der Waals surface area contributed by atoms with Crippen molar-refractivity contribution in [3.63, 3.8) is 0 Å². The maximum Gasteiger partial charge on any atom is 0.252 e. The highest BCUT2D eigenvalue weighted by molar-refractivity contribution is 7.11. The predicted octanol–water partition coefficient (Wildman–Crippen LogP) is 3.22. The number of amides is 1. The van der Waals surface area contributed by atoms with E-state index in [2.05, 4.69) is 19.6 Å². The Morgan fingerprint density at radius 2 is 2.18 bits per heavy atom. The molecular weight excluding hydrogens is 302 g/mol. The molecule has 0 aliphatic carbocycles. The zero-order valence-corrected chi connectivity index (χ0v) is 12.3. The molecule has 0 aliphatic heterocycles. The van der Waals surface area contributed by atoms with Crippen molar-refractivity contribution in [1.82, 2.24) is 9.36 Å². The van der Waals surface area contributed by atoms with Crippen molar-refractivity contribution in [2.45, 2.75) is 6.92 Å². The maximum atomic E-state index is 11.3. The number of rotatable bonds is 3. The molecule has 0 spiro atoms. The van der Waals surface area contributed by atoms with E-state index in [0.29, 0.717) is 21.9 Å².